The summed E-state index contributed by atoms with van der Waals surface area (Å²) >= 11 is 0. The van der Waals surface area contributed by atoms with Gasteiger partial charge in [-0.2, -0.15) is 0 Å². The van der Waals surface area contributed by atoms with Crippen LogP contribution < -0.4 is 5.73 Å². The Morgan fingerprint density at radius 3 is 2.88 bits per heavy atom. The van der Waals surface area contributed by atoms with Gasteiger partial charge in [-0.05, 0) is 25.1 Å². The lowest BCUT2D eigenvalue weighted by atomic mass is 10.2. The maximum atomic E-state index is 11.4. The first-order valence-corrected chi connectivity index (χ1v) is 5.22. The summed E-state index contributed by atoms with van der Waals surface area (Å²) in [7, 11) is 0. The third-order valence-electron chi connectivity index (χ3n) is 1.86. The van der Waals surface area contributed by atoms with Crippen LogP contribution in [0.25, 0.3) is 6.08 Å². The zero-order valence-electron chi connectivity index (χ0n) is 9.55. The van der Waals surface area contributed by atoms with Crippen molar-refractivity contribution in [2.24, 2.45) is 5.73 Å². The van der Waals surface area contributed by atoms with Crippen molar-refractivity contribution in [1.82, 2.24) is 4.98 Å². The van der Waals surface area contributed by atoms with Crippen LogP contribution in [0.2, 0.25) is 0 Å². The summed E-state index contributed by atoms with van der Waals surface area (Å²) in [5, 5.41) is 0. The predicted octanol–water partition coefficient (Wildman–Crippen LogP) is 1.15. The van der Waals surface area contributed by atoms with E-state index in [0.717, 1.165) is 0 Å². The lowest BCUT2D eigenvalue weighted by Gasteiger charge is -2.01. The third-order valence-corrected chi connectivity index (χ3v) is 1.86. The van der Waals surface area contributed by atoms with E-state index in [1.807, 2.05) is 0 Å². The van der Waals surface area contributed by atoms with Gasteiger partial charge in [-0.3, -0.25) is 4.79 Å². The molecule has 0 radical (unpaired) electrons. The summed E-state index contributed by atoms with van der Waals surface area (Å²) < 4.78 is 4.83. The summed E-state index contributed by atoms with van der Waals surface area (Å²) in [6.07, 6.45) is 3.37. The van der Waals surface area contributed by atoms with Crippen molar-refractivity contribution in [3.63, 3.8) is 0 Å². The van der Waals surface area contributed by atoms with Crippen molar-refractivity contribution < 1.29 is 14.3 Å². The molecule has 0 aliphatic carbocycles. The van der Waals surface area contributed by atoms with Crippen LogP contribution in [-0.4, -0.2) is 23.5 Å². The SMILES string of the molecule is CCOC(=O)c1cccc(C=CCC(N)=O)n1. The summed E-state index contributed by atoms with van der Waals surface area (Å²) in [5.41, 5.74) is 5.81. The van der Waals surface area contributed by atoms with Gasteiger partial charge in [0, 0.05) is 6.42 Å². The number of hydrogen-bond donors (Lipinski definition) is 1. The first-order valence-electron chi connectivity index (χ1n) is 5.22. The fraction of sp³-hybridized carbons (Fsp3) is 0.250. The molecule has 1 aromatic heterocycles. The van der Waals surface area contributed by atoms with E-state index in [0.29, 0.717) is 12.3 Å². The maximum Gasteiger partial charge on any atom is 0.356 e. The quantitative estimate of drug-likeness (QED) is 0.774. The van der Waals surface area contributed by atoms with Gasteiger partial charge >= 0.3 is 5.97 Å². The average Bonchev–Trinajstić information content (AvgIpc) is 2.29. The van der Waals surface area contributed by atoms with E-state index < -0.39 is 11.9 Å². The van der Waals surface area contributed by atoms with Gasteiger partial charge in [-0.25, -0.2) is 9.78 Å². The van der Waals surface area contributed by atoms with Crippen molar-refractivity contribution in [1.29, 1.82) is 0 Å². The van der Waals surface area contributed by atoms with Gasteiger partial charge in [0.1, 0.15) is 5.69 Å². The van der Waals surface area contributed by atoms with Gasteiger partial charge in [0.25, 0.3) is 0 Å². The van der Waals surface area contributed by atoms with Crippen molar-refractivity contribution >= 4 is 18.0 Å². The molecule has 2 N–H and O–H groups in total. The van der Waals surface area contributed by atoms with Gasteiger partial charge in [-0.1, -0.05) is 12.1 Å². The summed E-state index contributed by atoms with van der Waals surface area (Å²) in [4.78, 5) is 26.0. The minimum Gasteiger partial charge on any atom is -0.461 e. The fourth-order valence-electron chi connectivity index (χ4n) is 1.16. The topological polar surface area (TPSA) is 82.3 Å². The Labute approximate surface area is 99.3 Å². The maximum absolute atomic E-state index is 11.4. The van der Waals surface area contributed by atoms with Gasteiger partial charge in [0.2, 0.25) is 5.91 Å². The molecule has 0 bridgehead atoms. The monoisotopic (exact) mass is 234 g/mol. The van der Waals surface area contributed by atoms with E-state index in [2.05, 4.69) is 4.98 Å². The molecule has 0 spiro atoms. The Balaban J connectivity index is 2.75. The zero-order chi connectivity index (χ0) is 12.7. The van der Waals surface area contributed by atoms with E-state index in [1.54, 1.807) is 37.3 Å². The van der Waals surface area contributed by atoms with Crippen LogP contribution in [0.3, 0.4) is 0 Å². The smallest absolute Gasteiger partial charge is 0.356 e. The van der Waals surface area contributed by atoms with Crippen LogP contribution in [0.4, 0.5) is 0 Å². The molecular weight excluding hydrogens is 220 g/mol. The second-order valence-corrected chi connectivity index (χ2v) is 3.24. The number of nitrogens with two attached hydrogens (primary N) is 1. The summed E-state index contributed by atoms with van der Waals surface area (Å²) in [5.74, 6) is -0.875. The van der Waals surface area contributed by atoms with Crippen LogP contribution in [0.15, 0.2) is 24.3 Å². The highest BCUT2D eigenvalue weighted by Gasteiger charge is 2.07. The second kappa shape index (κ2) is 6.42. The molecule has 0 aromatic carbocycles. The Hall–Kier alpha value is -2.17. The van der Waals surface area contributed by atoms with Crippen molar-refractivity contribution in [3.05, 3.63) is 35.7 Å². The number of esters is 1. The molecule has 90 valence electrons. The number of rotatable bonds is 5. The van der Waals surface area contributed by atoms with Crippen LogP contribution in [-0.2, 0) is 9.53 Å². The molecule has 1 rings (SSSR count). The van der Waals surface area contributed by atoms with Crippen molar-refractivity contribution in [2.45, 2.75) is 13.3 Å². The van der Waals surface area contributed by atoms with Gasteiger partial charge in [-0.15, -0.1) is 0 Å². The Bertz CT molecular complexity index is 441. The molecule has 5 heteroatoms. The molecule has 0 aliphatic rings. The first-order chi connectivity index (χ1) is 8.13. The molecule has 0 atom stereocenters. The fourth-order valence-corrected chi connectivity index (χ4v) is 1.16. The highest BCUT2D eigenvalue weighted by Crippen LogP contribution is 2.04. The molecule has 5 nitrogen and oxygen atoms in total. The molecule has 0 fully saturated rings. The van der Waals surface area contributed by atoms with E-state index in [9.17, 15) is 9.59 Å². The van der Waals surface area contributed by atoms with Gasteiger partial charge in [0.05, 0.1) is 12.3 Å². The number of pyridine rings is 1. The number of ether oxygens (including phenoxy) is 1. The number of aromatic nitrogens is 1. The van der Waals surface area contributed by atoms with E-state index in [-0.39, 0.29) is 12.1 Å². The Kier molecular flexibility index (Phi) is 4.87. The number of primary amides is 1. The predicted molar refractivity (Wildman–Crippen MR) is 63.0 cm³/mol. The number of nitrogens with zero attached hydrogens (tertiary/aromatic N) is 1. The molecular formula is C12H14N2O3. The van der Waals surface area contributed by atoms with E-state index in [1.165, 1.54) is 0 Å². The number of hydrogen-bond acceptors (Lipinski definition) is 4. The normalized spacial score (nSPS) is 10.4. The molecule has 1 amide bonds. The van der Waals surface area contributed by atoms with Gasteiger partial charge < -0.3 is 10.5 Å². The van der Waals surface area contributed by atoms with Crippen LogP contribution in [0, 0.1) is 0 Å². The second-order valence-electron chi connectivity index (χ2n) is 3.24. The highest BCUT2D eigenvalue weighted by atomic mass is 16.5. The summed E-state index contributed by atoms with van der Waals surface area (Å²) in [6.45, 7) is 2.04. The standard InChI is InChI=1S/C12H14N2O3/c1-2-17-12(16)10-7-3-5-9(14-10)6-4-8-11(13)15/h3-7H,2,8H2,1H3,(H2,13,15). The van der Waals surface area contributed by atoms with Gasteiger partial charge in [0.15, 0.2) is 0 Å². The molecule has 1 heterocycles. The third kappa shape index (κ3) is 4.46. The minimum absolute atomic E-state index is 0.144. The van der Waals surface area contributed by atoms with Crippen molar-refractivity contribution in [3.8, 4) is 0 Å². The first kappa shape index (κ1) is 12.9. The number of carbonyl (C=O) groups excluding carboxylic acids is 2. The summed E-state index contributed by atoms with van der Waals surface area (Å²) in [6, 6.07) is 4.99. The van der Waals surface area contributed by atoms with Crippen LogP contribution >= 0.6 is 0 Å². The van der Waals surface area contributed by atoms with Crippen LogP contribution in [0.1, 0.15) is 29.5 Å². The highest BCUT2D eigenvalue weighted by molar-refractivity contribution is 5.87. The molecule has 0 saturated carbocycles. The number of amides is 1. The lowest BCUT2D eigenvalue weighted by Crippen LogP contribution is -2.08. The Morgan fingerprint density at radius 1 is 1.47 bits per heavy atom. The molecule has 0 aliphatic heterocycles. The number of carbonyl (C=O) groups is 2. The lowest BCUT2D eigenvalue weighted by molar-refractivity contribution is -0.117. The average molecular weight is 234 g/mol. The molecule has 17 heavy (non-hydrogen) atoms. The minimum atomic E-state index is -0.461. The van der Waals surface area contributed by atoms with E-state index in [4.69, 9.17) is 10.5 Å². The van der Waals surface area contributed by atoms with E-state index >= 15 is 0 Å². The molecule has 1 aromatic rings. The zero-order valence-corrected chi connectivity index (χ0v) is 9.55. The Morgan fingerprint density at radius 2 is 2.24 bits per heavy atom. The molecule has 0 unspecified atom stereocenters. The van der Waals surface area contributed by atoms with Crippen molar-refractivity contribution in [2.75, 3.05) is 6.61 Å². The van der Waals surface area contributed by atoms with Crippen LogP contribution in [0.5, 0.6) is 0 Å². The molecule has 0 saturated heterocycles. The largest absolute Gasteiger partial charge is 0.461 e.